The van der Waals surface area contributed by atoms with E-state index in [1.54, 1.807) is 0 Å². The van der Waals surface area contributed by atoms with Crippen molar-refractivity contribution in [3.05, 3.63) is 23.5 Å². The number of hydrogen-bond donors (Lipinski definition) is 3. The molecule has 0 aliphatic carbocycles. The number of ether oxygens (including phenoxy) is 1. The highest BCUT2D eigenvalue weighted by molar-refractivity contribution is 5.95. The number of aromatic nitrogens is 2. The number of morpholine rings is 1. The van der Waals surface area contributed by atoms with Crippen LogP contribution in [-0.2, 0) is 16.1 Å². The lowest BCUT2D eigenvalue weighted by Crippen LogP contribution is -2.51. The summed E-state index contributed by atoms with van der Waals surface area (Å²) in [5.41, 5.74) is 7.40. The number of allylic oxidation sites excluding steroid dienone is 1. The van der Waals surface area contributed by atoms with Gasteiger partial charge < -0.3 is 35.9 Å². The van der Waals surface area contributed by atoms with Crippen LogP contribution in [0.5, 0.6) is 0 Å². The van der Waals surface area contributed by atoms with E-state index in [1.165, 1.54) is 6.08 Å². The van der Waals surface area contributed by atoms with Gasteiger partial charge >= 0.3 is 0 Å². The van der Waals surface area contributed by atoms with Crippen LogP contribution >= 0.6 is 0 Å². The first-order valence-corrected chi connectivity index (χ1v) is 10.9. The summed E-state index contributed by atoms with van der Waals surface area (Å²) >= 11 is 0. The molecular formula is C21H32N8O2. The number of carbonyl (C=O) groups excluding carboxylic acids is 1. The zero-order valence-corrected chi connectivity index (χ0v) is 18.3. The summed E-state index contributed by atoms with van der Waals surface area (Å²) in [6.45, 7) is 6.91. The van der Waals surface area contributed by atoms with Gasteiger partial charge in [-0.15, -0.1) is 10.2 Å². The van der Waals surface area contributed by atoms with Gasteiger partial charge in [0.1, 0.15) is 5.69 Å². The Kier molecular flexibility index (Phi) is 6.38. The number of amides is 1. The van der Waals surface area contributed by atoms with Crippen molar-refractivity contribution in [2.24, 2.45) is 5.73 Å². The number of rotatable bonds is 6. The third-order valence-electron chi connectivity index (χ3n) is 6.28. The average Bonchev–Trinajstić information content (AvgIpc) is 3.09. The Morgan fingerprint density at radius 2 is 2.03 bits per heavy atom. The summed E-state index contributed by atoms with van der Waals surface area (Å²) in [7, 11) is 2.13. The SMILES string of the molecule is C[C@@H]1CN(C)CCN1c1cc(N2CC3CCC(C2)O3)nnc1CNC(=O)/C(N)=C/C=N. The number of nitrogens with two attached hydrogens (primary N) is 1. The number of fused-ring (bicyclic) bond motifs is 2. The molecule has 0 saturated carbocycles. The highest BCUT2D eigenvalue weighted by Crippen LogP contribution is 2.32. The van der Waals surface area contributed by atoms with Gasteiger partial charge in [-0.25, -0.2) is 0 Å². The van der Waals surface area contributed by atoms with E-state index in [1.807, 2.05) is 0 Å². The molecule has 2 unspecified atom stereocenters. The second kappa shape index (κ2) is 9.19. The lowest BCUT2D eigenvalue weighted by Gasteiger charge is -2.41. The molecular weight excluding hydrogens is 396 g/mol. The summed E-state index contributed by atoms with van der Waals surface area (Å²) in [6.07, 6.45) is 5.01. The van der Waals surface area contributed by atoms with Crippen LogP contribution in [0.2, 0.25) is 0 Å². The highest BCUT2D eigenvalue weighted by Gasteiger charge is 2.35. The fraction of sp³-hybridized carbons (Fsp3) is 0.619. The average molecular weight is 429 g/mol. The first-order valence-electron chi connectivity index (χ1n) is 10.9. The third-order valence-corrected chi connectivity index (χ3v) is 6.28. The van der Waals surface area contributed by atoms with Crippen molar-refractivity contribution in [3.63, 3.8) is 0 Å². The molecule has 3 aliphatic rings. The molecule has 4 rings (SSSR count). The number of carbonyl (C=O) groups is 1. The van der Waals surface area contributed by atoms with E-state index < -0.39 is 5.91 Å². The third kappa shape index (κ3) is 4.80. The minimum atomic E-state index is -0.420. The molecule has 3 atom stereocenters. The van der Waals surface area contributed by atoms with Crippen LogP contribution in [0, 0.1) is 5.41 Å². The van der Waals surface area contributed by atoms with Gasteiger partial charge in [0.15, 0.2) is 5.82 Å². The predicted octanol–water partition coefficient (Wildman–Crippen LogP) is 0.0929. The predicted molar refractivity (Wildman–Crippen MR) is 119 cm³/mol. The summed E-state index contributed by atoms with van der Waals surface area (Å²) in [4.78, 5) is 19.1. The fourth-order valence-electron chi connectivity index (χ4n) is 4.66. The van der Waals surface area contributed by atoms with Crippen molar-refractivity contribution >= 4 is 23.6 Å². The molecule has 0 aromatic carbocycles. The van der Waals surface area contributed by atoms with Gasteiger partial charge in [0.25, 0.3) is 5.91 Å². The smallest absolute Gasteiger partial charge is 0.267 e. The first kappa shape index (κ1) is 21.5. The second-order valence-corrected chi connectivity index (χ2v) is 8.67. The largest absolute Gasteiger partial charge is 0.394 e. The quantitative estimate of drug-likeness (QED) is 0.430. The highest BCUT2D eigenvalue weighted by atomic mass is 16.5. The molecule has 2 bridgehead atoms. The minimum absolute atomic E-state index is 0.00196. The number of nitrogens with one attached hydrogen (secondary N) is 2. The number of anilines is 2. The Bertz CT molecular complexity index is 848. The maximum Gasteiger partial charge on any atom is 0.267 e. The molecule has 4 heterocycles. The van der Waals surface area contributed by atoms with Crippen molar-refractivity contribution in [1.29, 1.82) is 5.41 Å². The molecule has 3 saturated heterocycles. The zero-order valence-electron chi connectivity index (χ0n) is 18.3. The standard InChI is InChI=1S/C21H32N8O2/c1-14-11-27(2)7-8-29(14)19-9-20(28-12-15-3-4-16(13-28)31-15)26-25-18(19)10-24-21(30)17(23)5-6-22/h5-6,9,14-16,22H,3-4,7-8,10-13,23H2,1-2H3,(H,24,30)/b17-5-,22-6?/t14-,15?,16?/m1/s1. The Morgan fingerprint density at radius 3 is 2.71 bits per heavy atom. The Labute approximate surface area is 182 Å². The van der Waals surface area contributed by atoms with Crippen LogP contribution in [0.1, 0.15) is 25.5 Å². The Hall–Kier alpha value is -2.72. The minimum Gasteiger partial charge on any atom is -0.394 e. The summed E-state index contributed by atoms with van der Waals surface area (Å²) < 4.78 is 5.97. The molecule has 168 valence electrons. The number of nitrogens with zero attached hydrogens (tertiary/aromatic N) is 5. The van der Waals surface area contributed by atoms with Gasteiger partial charge in [0.2, 0.25) is 0 Å². The molecule has 1 aromatic heterocycles. The van der Waals surface area contributed by atoms with E-state index in [0.29, 0.717) is 11.7 Å². The normalized spacial score (nSPS) is 26.8. The van der Waals surface area contributed by atoms with Gasteiger partial charge in [0, 0.05) is 51.0 Å². The van der Waals surface area contributed by atoms with E-state index >= 15 is 0 Å². The lowest BCUT2D eigenvalue weighted by molar-refractivity contribution is -0.117. The van der Waals surface area contributed by atoms with Gasteiger partial charge in [-0.05, 0) is 32.9 Å². The molecule has 3 fully saturated rings. The lowest BCUT2D eigenvalue weighted by atomic mass is 10.1. The zero-order chi connectivity index (χ0) is 22.0. The number of likely N-dealkylation sites (N-methyl/N-ethyl adjacent to an activating group) is 1. The van der Waals surface area contributed by atoms with Crippen LogP contribution in [0.3, 0.4) is 0 Å². The van der Waals surface area contributed by atoms with E-state index in [-0.39, 0.29) is 24.4 Å². The van der Waals surface area contributed by atoms with Crippen LogP contribution in [0.4, 0.5) is 11.5 Å². The molecule has 1 aromatic rings. The van der Waals surface area contributed by atoms with Crippen LogP contribution < -0.4 is 20.9 Å². The van der Waals surface area contributed by atoms with Crippen LogP contribution in [0.25, 0.3) is 0 Å². The van der Waals surface area contributed by atoms with E-state index in [9.17, 15) is 4.79 Å². The van der Waals surface area contributed by atoms with Crippen molar-refractivity contribution in [2.75, 3.05) is 49.6 Å². The molecule has 10 heteroatoms. The molecule has 0 radical (unpaired) electrons. The molecule has 31 heavy (non-hydrogen) atoms. The van der Waals surface area contributed by atoms with Gasteiger partial charge in [0.05, 0.1) is 30.1 Å². The summed E-state index contributed by atoms with van der Waals surface area (Å²) in [6, 6.07) is 2.42. The first-order chi connectivity index (χ1) is 14.9. The molecule has 3 aliphatic heterocycles. The monoisotopic (exact) mass is 428 g/mol. The summed E-state index contributed by atoms with van der Waals surface area (Å²) in [5.74, 6) is 0.441. The number of piperazine rings is 1. The topological polar surface area (TPSA) is 124 Å². The van der Waals surface area contributed by atoms with Crippen LogP contribution in [-0.4, -0.2) is 85.2 Å². The van der Waals surface area contributed by atoms with Crippen molar-refractivity contribution in [1.82, 2.24) is 20.4 Å². The van der Waals surface area contributed by atoms with E-state index in [2.05, 4.69) is 50.3 Å². The van der Waals surface area contributed by atoms with E-state index in [4.69, 9.17) is 15.9 Å². The van der Waals surface area contributed by atoms with Gasteiger partial charge in [-0.2, -0.15) is 0 Å². The maximum absolute atomic E-state index is 12.2. The van der Waals surface area contributed by atoms with Gasteiger partial charge in [-0.1, -0.05) is 0 Å². The molecule has 1 amide bonds. The fourth-order valence-corrected chi connectivity index (χ4v) is 4.66. The summed E-state index contributed by atoms with van der Waals surface area (Å²) in [5, 5.41) is 18.9. The Morgan fingerprint density at radius 1 is 1.29 bits per heavy atom. The van der Waals surface area contributed by atoms with Crippen molar-refractivity contribution in [3.8, 4) is 0 Å². The maximum atomic E-state index is 12.2. The van der Waals surface area contributed by atoms with E-state index in [0.717, 1.165) is 63.3 Å². The van der Waals surface area contributed by atoms with Crippen molar-refractivity contribution < 1.29 is 9.53 Å². The molecule has 10 nitrogen and oxygen atoms in total. The molecule has 4 N–H and O–H groups in total. The molecule has 0 spiro atoms. The van der Waals surface area contributed by atoms with Crippen LogP contribution in [0.15, 0.2) is 17.8 Å². The second-order valence-electron chi connectivity index (χ2n) is 8.67. The van der Waals surface area contributed by atoms with Crippen molar-refractivity contribution in [2.45, 2.75) is 44.6 Å². The number of hydrogen-bond acceptors (Lipinski definition) is 9. The van der Waals surface area contributed by atoms with Gasteiger partial charge in [-0.3, -0.25) is 4.79 Å². The Balaban J connectivity index is 1.58.